The molecule has 0 unspecified atom stereocenters. The average Bonchev–Trinajstić information content (AvgIpc) is 3.31. The molecule has 1 aliphatic heterocycles. The molecule has 2 fully saturated rings. The molecule has 0 spiro atoms. The van der Waals surface area contributed by atoms with Crippen LogP contribution in [0.1, 0.15) is 75.4 Å². The predicted molar refractivity (Wildman–Crippen MR) is 130 cm³/mol. The summed E-state index contributed by atoms with van der Waals surface area (Å²) < 4.78 is 30.2. The Labute approximate surface area is 210 Å². The van der Waals surface area contributed by atoms with E-state index in [2.05, 4.69) is 4.98 Å². The van der Waals surface area contributed by atoms with Gasteiger partial charge in [0.15, 0.2) is 11.7 Å². The fourth-order valence-corrected chi connectivity index (χ4v) is 5.17. The van der Waals surface area contributed by atoms with Crippen LogP contribution in [0.5, 0.6) is 0 Å². The van der Waals surface area contributed by atoms with Gasteiger partial charge < -0.3 is 18.8 Å². The molecule has 2 heterocycles. The van der Waals surface area contributed by atoms with Gasteiger partial charge in [0.05, 0.1) is 19.6 Å². The van der Waals surface area contributed by atoms with E-state index in [-0.39, 0.29) is 23.8 Å². The number of Topliss-reactive ketones (excluding diaryl/α,β-unsaturated/α-hetero) is 1. The minimum absolute atomic E-state index is 0.148. The number of ketones is 1. The third-order valence-electron chi connectivity index (χ3n) is 7.13. The Morgan fingerprint density at radius 2 is 1.92 bits per heavy atom. The minimum Gasteiger partial charge on any atom is -0.452 e. The number of fused-ring (bicyclic) bond motifs is 1. The van der Waals surface area contributed by atoms with Gasteiger partial charge in [0, 0.05) is 25.1 Å². The molecule has 2 atom stereocenters. The first-order chi connectivity index (χ1) is 17.4. The number of carbonyl (C=O) groups is 3. The molecular weight excluding hydrogens is 467 g/mol. The lowest BCUT2D eigenvalue weighted by Crippen LogP contribution is -2.47. The molecular formula is C27H35FN2O6. The first-order valence-corrected chi connectivity index (χ1v) is 13.1. The summed E-state index contributed by atoms with van der Waals surface area (Å²) in [5, 5.41) is 0. The van der Waals surface area contributed by atoms with Crippen LogP contribution in [0.2, 0.25) is 0 Å². The van der Waals surface area contributed by atoms with Crippen molar-refractivity contribution in [2.45, 2.75) is 70.8 Å². The largest absolute Gasteiger partial charge is 0.452 e. The van der Waals surface area contributed by atoms with Gasteiger partial charge in [-0.3, -0.25) is 14.4 Å². The molecule has 1 aromatic heterocycles. The minimum atomic E-state index is -0.858. The summed E-state index contributed by atoms with van der Waals surface area (Å²) in [6.45, 7) is 3.81. The molecule has 2 aliphatic rings. The Hall–Kier alpha value is -2.81. The summed E-state index contributed by atoms with van der Waals surface area (Å²) in [6.07, 6.45) is 6.08. The van der Waals surface area contributed by atoms with Crippen LogP contribution in [0, 0.1) is 17.7 Å². The quantitative estimate of drug-likeness (QED) is 0.343. The van der Waals surface area contributed by atoms with Gasteiger partial charge in [-0.2, -0.15) is 0 Å². The fourth-order valence-electron chi connectivity index (χ4n) is 5.17. The highest BCUT2D eigenvalue weighted by Gasteiger charge is 2.34. The molecule has 1 aliphatic carbocycles. The van der Waals surface area contributed by atoms with Gasteiger partial charge in [0.25, 0.3) is 11.8 Å². The highest BCUT2D eigenvalue weighted by atomic mass is 19.1. The summed E-state index contributed by atoms with van der Waals surface area (Å²) in [4.78, 5) is 45.4. The fraction of sp³-hybridized carbons (Fsp3) is 0.630. The lowest BCUT2D eigenvalue weighted by molar-refractivity contribution is -0.164. The van der Waals surface area contributed by atoms with Crippen molar-refractivity contribution in [3.63, 3.8) is 0 Å². The van der Waals surface area contributed by atoms with Crippen molar-refractivity contribution in [2.24, 2.45) is 11.8 Å². The van der Waals surface area contributed by atoms with Gasteiger partial charge in [-0.05, 0) is 30.9 Å². The molecule has 0 radical (unpaired) electrons. The monoisotopic (exact) mass is 502 g/mol. The molecule has 1 saturated heterocycles. The Morgan fingerprint density at radius 1 is 1.17 bits per heavy atom. The molecule has 1 saturated carbocycles. The van der Waals surface area contributed by atoms with Crippen LogP contribution >= 0.6 is 0 Å². The number of benzene rings is 1. The van der Waals surface area contributed by atoms with Gasteiger partial charge in [0.2, 0.25) is 5.78 Å². The molecule has 2 aromatic rings. The second-order valence-electron chi connectivity index (χ2n) is 9.84. The second-order valence-corrected chi connectivity index (χ2v) is 9.84. The topological polar surface area (TPSA) is 98.9 Å². The molecule has 4 rings (SSSR count). The van der Waals surface area contributed by atoms with Crippen molar-refractivity contribution in [3.8, 4) is 0 Å². The van der Waals surface area contributed by atoms with E-state index in [1.54, 1.807) is 4.90 Å². The van der Waals surface area contributed by atoms with Crippen LogP contribution in [0.4, 0.5) is 4.39 Å². The van der Waals surface area contributed by atoms with Crippen LogP contribution in [-0.4, -0.2) is 60.0 Å². The number of hydrogen-bond acceptors (Lipinski definition) is 7. The zero-order valence-electron chi connectivity index (χ0n) is 20.9. The smallest absolute Gasteiger partial charge is 0.307 e. The maximum absolute atomic E-state index is 13.5. The van der Waals surface area contributed by atoms with E-state index < -0.39 is 29.6 Å². The molecule has 9 heteroatoms. The van der Waals surface area contributed by atoms with Crippen LogP contribution in [0.25, 0.3) is 11.1 Å². The highest BCUT2D eigenvalue weighted by molar-refractivity contribution is 5.97. The predicted octanol–water partition coefficient (Wildman–Crippen LogP) is 4.70. The van der Waals surface area contributed by atoms with Crippen molar-refractivity contribution < 1.29 is 32.7 Å². The van der Waals surface area contributed by atoms with Crippen LogP contribution in [0.3, 0.4) is 0 Å². The summed E-state index contributed by atoms with van der Waals surface area (Å²) >= 11 is 0. The number of ether oxygens (including phenoxy) is 2. The molecule has 0 bridgehead atoms. The molecule has 36 heavy (non-hydrogen) atoms. The first-order valence-electron chi connectivity index (χ1n) is 13.1. The van der Waals surface area contributed by atoms with Gasteiger partial charge in [-0.25, -0.2) is 9.37 Å². The Balaban J connectivity index is 1.45. The normalized spacial score (nSPS) is 18.7. The second kappa shape index (κ2) is 12.4. The van der Waals surface area contributed by atoms with Crippen molar-refractivity contribution in [1.82, 2.24) is 9.88 Å². The lowest BCUT2D eigenvalue weighted by atomic mass is 9.85. The van der Waals surface area contributed by atoms with Crippen molar-refractivity contribution in [1.29, 1.82) is 0 Å². The van der Waals surface area contributed by atoms with E-state index in [0.717, 1.165) is 25.7 Å². The zero-order valence-corrected chi connectivity index (χ0v) is 20.9. The molecule has 8 nitrogen and oxygen atoms in total. The number of nitrogens with zero attached hydrogens (tertiary/aromatic N) is 2. The Bertz CT molecular complexity index is 1060. The van der Waals surface area contributed by atoms with E-state index in [4.69, 9.17) is 13.9 Å². The number of carbonyl (C=O) groups excluding carboxylic acids is 3. The van der Waals surface area contributed by atoms with Crippen LogP contribution in [0.15, 0.2) is 22.6 Å². The summed E-state index contributed by atoms with van der Waals surface area (Å²) in [6, 6.07) is 3.87. The SMILES string of the molecule is CCC[C@H](CC(=O)O[C@@H](CC1CCCCC1)C(=O)N1CCOCC1)C(=O)c1nc2ccc(F)cc2o1. The highest BCUT2D eigenvalue weighted by Crippen LogP contribution is 2.29. The van der Waals surface area contributed by atoms with Gasteiger partial charge >= 0.3 is 5.97 Å². The zero-order chi connectivity index (χ0) is 25.5. The number of aromatic nitrogens is 1. The molecule has 1 amide bonds. The summed E-state index contributed by atoms with van der Waals surface area (Å²) in [7, 11) is 0. The number of morpholine rings is 1. The number of esters is 1. The number of hydrogen-bond donors (Lipinski definition) is 0. The maximum atomic E-state index is 13.5. The van der Waals surface area contributed by atoms with E-state index >= 15 is 0 Å². The van der Waals surface area contributed by atoms with Gasteiger partial charge in [-0.1, -0.05) is 45.4 Å². The third-order valence-corrected chi connectivity index (χ3v) is 7.13. The van der Waals surface area contributed by atoms with E-state index in [1.165, 1.54) is 24.6 Å². The van der Waals surface area contributed by atoms with Crippen LogP contribution in [-0.2, 0) is 19.1 Å². The number of rotatable bonds is 10. The van der Waals surface area contributed by atoms with E-state index in [9.17, 15) is 18.8 Å². The molecule has 0 N–H and O–H groups in total. The van der Waals surface area contributed by atoms with Gasteiger partial charge in [0.1, 0.15) is 11.3 Å². The average molecular weight is 503 g/mol. The van der Waals surface area contributed by atoms with Crippen molar-refractivity contribution in [3.05, 3.63) is 29.9 Å². The number of amides is 1. The molecule has 1 aromatic carbocycles. The summed E-state index contributed by atoms with van der Waals surface area (Å²) in [5.41, 5.74) is 0.557. The van der Waals surface area contributed by atoms with Crippen LogP contribution < -0.4 is 0 Å². The summed E-state index contributed by atoms with van der Waals surface area (Å²) in [5.74, 6) is -2.18. The standard InChI is InChI=1S/C27H35FN2O6/c1-2-6-19(25(32)26-29-21-10-9-20(28)17-22(21)36-26)16-24(31)35-23(15-18-7-4-3-5-8-18)27(33)30-11-13-34-14-12-30/h9-10,17-19,23H,2-8,11-16H2,1H3/t19-,23+/m1/s1. The van der Waals surface area contributed by atoms with E-state index in [0.29, 0.717) is 57.0 Å². The Kier molecular flexibility index (Phi) is 9.07. The van der Waals surface area contributed by atoms with Gasteiger partial charge in [-0.15, -0.1) is 0 Å². The van der Waals surface area contributed by atoms with Crippen molar-refractivity contribution >= 4 is 28.8 Å². The van der Waals surface area contributed by atoms with E-state index in [1.807, 2.05) is 6.92 Å². The van der Waals surface area contributed by atoms with Crippen molar-refractivity contribution in [2.75, 3.05) is 26.3 Å². The first kappa shape index (κ1) is 26.3. The molecule has 196 valence electrons. The third kappa shape index (κ3) is 6.69. The Morgan fingerprint density at radius 3 is 2.64 bits per heavy atom. The number of oxazole rings is 1. The maximum Gasteiger partial charge on any atom is 0.307 e. The number of halogens is 1. The lowest BCUT2D eigenvalue weighted by Gasteiger charge is -2.32.